The summed E-state index contributed by atoms with van der Waals surface area (Å²) in [7, 11) is 0. The molecule has 0 aliphatic carbocycles. The highest BCUT2D eigenvalue weighted by Crippen LogP contribution is 2.33. The third kappa shape index (κ3) is 4.08. The topological polar surface area (TPSA) is 98.5 Å². The van der Waals surface area contributed by atoms with Crippen molar-refractivity contribution in [2.45, 2.75) is 13.1 Å². The van der Waals surface area contributed by atoms with Gasteiger partial charge in [-0.15, -0.1) is 0 Å². The Kier molecular flexibility index (Phi) is 4.86. The minimum Gasteiger partial charge on any atom is -0.335 e. The zero-order valence-electron chi connectivity index (χ0n) is 15.4. The zero-order chi connectivity index (χ0) is 21.5. The van der Waals surface area contributed by atoms with E-state index < -0.39 is 17.8 Å². The largest absolute Gasteiger partial charge is 0.416 e. The number of rotatable bonds is 3. The first-order valence-electron chi connectivity index (χ1n) is 8.65. The predicted octanol–water partition coefficient (Wildman–Crippen LogP) is 5.58. The summed E-state index contributed by atoms with van der Waals surface area (Å²) < 4.78 is 38.8. The van der Waals surface area contributed by atoms with Gasteiger partial charge >= 0.3 is 12.2 Å². The normalized spacial score (nSPS) is 11.6. The lowest BCUT2D eigenvalue weighted by Crippen LogP contribution is -2.20. The van der Waals surface area contributed by atoms with Gasteiger partial charge in [0.2, 0.25) is 0 Å². The number of anilines is 2. The number of alkyl halides is 3. The van der Waals surface area contributed by atoms with Crippen LogP contribution in [0.15, 0.2) is 42.6 Å². The molecule has 0 saturated heterocycles. The van der Waals surface area contributed by atoms with E-state index in [4.69, 9.17) is 11.6 Å². The van der Waals surface area contributed by atoms with Crippen LogP contribution in [0.5, 0.6) is 0 Å². The van der Waals surface area contributed by atoms with Gasteiger partial charge in [0.05, 0.1) is 11.8 Å². The highest BCUT2D eigenvalue weighted by molar-refractivity contribution is 6.31. The van der Waals surface area contributed by atoms with E-state index in [0.717, 1.165) is 28.8 Å². The summed E-state index contributed by atoms with van der Waals surface area (Å²) in [5.74, 6) is 0.588. The molecule has 4 rings (SSSR count). The van der Waals surface area contributed by atoms with Gasteiger partial charge < -0.3 is 15.6 Å². The van der Waals surface area contributed by atoms with Crippen LogP contribution in [0.25, 0.3) is 22.6 Å². The Hall–Kier alpha value is -3.53. The fourth-order valence-corrected chi connectivity index (χ4v) is 3.16. The van der Waals surface area contributed by atoms with Crippen LogP contribution in [0.4, 0.5) is 29.3 Å². The van der Waals surface area contributed by atoms with Gasteiger partial charge in [0.25, 0.3) is 0 Å². The maximum absolute atomic E-state index is 12.9. The van der Waals surface area contributed by atoms with Gasteiger partial charge in [-0.3, -0.25) is 5.10 Å². The minimum atomic E-state index is -4.58. The molecular formula is C19H14ClF3N6O. The highest BCUT2D eigenvalue weighted by Gasteiger charge is 2.31. The van der Waals surface area contributed by atoms with Crippen LogP contribution < -0.4 is 10.6 Å². The van der Waals surface area contributed by atoms with Crippen LogP contribution in [0.1, 0.15) is 11.1 Å². The van der Waals surface area contributed by atoms with E-state index in [1.165, 1.54) is 6.07 Å². The van der Waals surface area contributed by atoms with Crippen molar-refractivity contribution < 1.29 is 18.0 Å². The first kappa shape index (κ1) is 19.8. The van der Waals surface area contributed by atoms with Crippen LogP contribution in [0, 0.1) is 6.92 Å². The van der Waals surface area contributed by atoms with Crippen molar-refractivity contribution in [2.75, 3.05) is 10.6 Å². The molecular weight excluding hydrogens is 421 g/mol. The number of imidazole rings is 1. The lowest BCUT2D eigenvalue weighted by Gasteiger charge is -2.12. The van der Waals surface area contributed by atoms with E-state index in [-0.39, 0.29) is 10.7 Å². The average Bonchev–Trinajstić information content (AvgIpc) is 3.24. The fourth-order valence-electron chi connectivity index (χ4n) is 2.92. The monoisotopic (exact) mass is 434 g/mol. The second-order valence-electron chi connectivity index (χ2n) is 6.55. The number of urea groups is 1. The molecule has 0 radical (unpaired) electrons. The Morgan fingerprint density at radius 2 is 1.87 bits per heavy atom. The Bertz CT molecular complexity index is 1220. The van der Waals surface area contributed by atoms with Gasteiger partial charge in [-0.05, 0) is 42.8 Å². The molecule has 0 bridgehead atoms. The first-order valence-corrected chi connectivity index (χ1v) is 9.03. The van der Waals surface area contributed by atoms with E-state index >= 15 is 0 Å². The Labute approximate surface area is 172 Å². The van der Waals surface area contributed by atoms with Gasteiger partial charge in [-0.2, -0.15) is 18.3 Å². The number of carbonyl (C=O) groups excluding carboxylic acids is 1. The number of hydrogen-bond donors (Lipinski definition) is 4. The maximum Gasteiger partial charge on any atom is 0.416 e. The summed E-state index contributed by atoms with van der Waals surface area (Å²) in [6, 6.07) is 7.29. The summed E-state index contributed by atoms with van der Waals surface area (Å²) in [6.07, 6.45) is -2.97. The number of carbonyl (C=O) groups is 1. The van der Waals surface area contributed by atoms with Crippen LogP contribution >= 0.6 is 11.6 Å². The lowest BCUT2D eigenvalue weighted by atomic mass is 10.1. The molecule has 11 heteroatoms. The summed E-state index contributed by atoms with van der Waals surface area (Å²) in [4.78, 5) is 19.8. The number of aromatic amines is 2. The Balaban J connectivity index is 1.54. The number of benzene rings is 2. The van der Waals surface area contributed by atoms with Crippen LogP contribution in [-0.2, 0) is 6.18 Å². The summed E-state index contributed by atoms with van der Waals surface area (Å²) in [5, 5.41) is 11.5. The summed E-state index contributed by atoms with van der Waals surface area (Å²) >= 11 is 5.74. The number of aryl methyl sites for hydroxylation is 1. The smallest absolute Gasteiger partial charge is 0.335 e. The Morgan fingerprint density at radius 1 is 1.10 bits per heavy atom. The molecule has 154 valence electrons. The van der Waals surface area contributed by atoms with Crippen molar-refractivity contribution in [1.29, 1.82) is 0 Å². The van der Waals surface area contributed by atoms with E-state index in [1.807, 2.05) is 6.92 Å². The molecule has 0 aliphatic heterocycles. The molecule has 0 fully saturated rings. The quantitative estimate of drug-likeness (QED) is 0.339. The fraction of sp³-hybridized carbons (Fsp3) is 0.105. The van der Waals surface area contributed by atoms with E-state index in [1.54, 1.807) is 24.4 Å². The van der Waals surface area contributed by atoms with Crippen LogP contribution in [-0.4, -0.2) is 26.2 Å². The van der Waals surface area contributed by atoms with Crippen molar-refractivity contribution in [2.24, 2.45) is 0 Å². The number of fused-ring (bicyclic) bond motifs is 1. The maximum atomic E-state index is 12.9. The van der Waals surface area contributed by atoms with Crippen molar-refractivity contribution in [3.8, 4) is 11.4 Å². The predicted molar refractivity (Wildman–Crippen MR) is 108 cm³/mol. The number of nitrogens with zero attached hydrogens (tertiary/aromatic N) is 2. The molecule has 0 saturated carbocycles. The van der Waals surface area contributed by atoms with Crippen molar-refractivity contribution in [3.63, 3.8) is 0 Å². The van der Waals surface area contributed by atoms with Crippen LogP contribution in [0.2, 0.25) is 5.02 Å². The molecule has 30 heavy (non-hydrogen) atoms. The number of hydrogen-bond acceptors (Lipinski definition) is 3. The second-order valence-corrected chi connectivity index (χ2v) is 6.99. The van der Waals surface area contributed by atoms with E-state index in [2.05, 4.69) is 30.8 Å². The molecule has 4 aromatic rings. The summed E-state index contributed by atoms with van der Waals surface area (Å²) in [5.41, 5.74) is 2.40. The van der Waals surface area contributed by atoms with Gasteiger partial charge in [-0.1, -0.05) is 17.7 Å². The minimum absolute atomic E-state index is 0.0764. The molecule has 2 aromatic carbocycles. The van der Waals surface area contributed by atoms with Gasteiger partial charge in [0, 0.05) is 22.0 Å². The molecule has 0 aliphatic rings. The third-order valence-electron chi connectivity index (χ3n) is 4.33. The first-order chi connectivity index (χ1) is 14.2. The summed E-state index contributed by atoms with van der Waals surface area (Å²) in [6.45, 7) is 1.89. The molecule has 0 spiro atoms. The van der Waals surface area contributed by atoms with Gasteiger partial charge in [-0.25, -0.2) is 9.78 Å². The third-order valence-corrected chi connectivity index (χ3v) is 4.55. The molecule has 2 heterocycles. The SMILES string of the molecule is Cc1ccc(NC(=O)Nc2cc(Cl)cc(C(F)(F)F)c2)cc1-c1nc2[nH]ncc2[nH]1. The number of aromatic nitrogens is 4. The second kappa shape index (κ2) is 7.38. The number of nitrogens with one attached hydrogen (secondary N) is 4. The average molecular weight is 435 g/mol. The van der Waals surface area contributed by atoms with Crippen molar-refractivity contribution in [1.82, 2.24) is 20.2 Å². The van der Waals surface area contributed by atoms with Crippen molar-refractivity contribution >= 4 is 40.2 Å². The standard InChI is InChI=1S/C19H14ClF3N6O/c1-9-2-3-12(7-14(9)16-27-15-8-24-29-17(15)28-16)25-18(30)26-13-5-10(19(21,22)23)4-11(20)6-13/h2-8H,1H3,(H2,25,26,30)(H2,24,27,28,29). The molecule has 0 unspecified atom stereocenters. The molecule has 2 aromatic heterocycles. The van der Waals surface area contributed by atoms with Crippen LogP contribution in [0.3, 0.4) is 0 Å². The molecule has 7 nitrogen and oxygen atoms in total. The number of H-pyrrole nitrogens is 2. The number of halogens is 4. The van der Waals surface area contributed by atoms with Gasteiger partial charge in [0.1, 0.15) is 11.3 Å². The Morgan fingerprint density at radius 3 is 2.60 bits per heavy atom. The van der Waals surface area contributed by atoms with E-state index in [0.29, 0.717) is 17.2 Å². The van der Waals surface area contributed by atoms with E-state index in [9.17, 15) is 18.0 Å². The number of amides is 2. The van der Waals surface area contributed by atoms with Gasteiger partial charge in [0.15, 0.2) is 5.65 Å². The zero-order valence-corrected chi connectivity index (χ0v) is 16.1. The molecule has 0 atom stereocenters. The molecule has 4 N–H and O–H groups in total. The lowest BCUT2D eigenvalue weighted by molar-refractivity contribution is -0.137. The van der Waals surface area contributed by atoms with Crippen molar-refractivity contribution in [3.05, 3.63) is 58.7 Å². The highest BCUT2D eigenvalue weighted by atomic mass is 35.5. The molecule has 2 amide bonds.